The van der Waals surface area contributed by atoms with Crippen molar-refractivity contribution in [2.75, 3.05) is 0 Å². The van der Waals surface area contributed by atoms with Crippen LogP contribution in [0.5, 0.6) is 0 Å². The van der Waals surface area contributed by atoms with Gasteiger partial charge in [0.2, 0.25) is 5.76 Å². The van der Waals surface area contributed by atoms with Crippen molar-refractivity contribution in [3.05, 3.63) is 42.3 Å². The van der Waals surface area contributed by atoms with Crippen LogP contribution in [0.4, 0.5) is 0 Å². The fourth-order valence-corrected chi connectivity index (χ4v) is 2.03. The van der Waals surface area contributed by atoms with Gasteiger partial charge in [-0.25, -0.2) is 4.79 Å². The lowest BCUT2D eigenvalue weighted by Gasteiger charge is -2.00. The summed E-state index contributed by atoms with van der Waals surface area (Å²) in [6.45, 7) is 0. The van der Waals surface area contributed by atoms with Gasteiger partial charge in [0.15, 0.2) is 0 Å². The summed E-state index contributed by atoms with van der Waals surface area (Å²) < 4.78 is 6.78. The van der Waals surface area contributed by atoms with Crippen LogP contribution in [-0.4, -0.2) is 20.8 Å². The maximum absolute atomic E-state index is 10.8. The first-order valence-corrected chi connectivity index (χ1v) is 5.41. The monoisotopic (exact) mass is 242 g/mol. The number of aryl methyl sites for hydroxylation is 1. The molecule has 0 fully saturated rings. The summed E-state index contributed by atoms with van der Waals surface area (Å²) in [5.41, 5.74) is 2.46. The summed E-state index contributed by atoms with van der Waals surface area (Å²) in [7, 11) is 1.96. The Bertz CT molecular complexity index is 740. The Hall–Kier alpha value is -2.56. The van der Waals surface area contributed by atoms with E-state index in [9.17, 15) is 4.79 Å². The standard InChI is InChI=1S/C13H10N2O3/c1-15-6-5-9-8(3-2-4-11(9)15)10-7-12(13(16)17)18-14-10/h2-7H,1H3,(H,16,17). The van der Waals surface area contributed by atoms with Crippen LogP contribution in [0.25, 0.3) is 22.2 Å². The van der Waals surface area contributed by atoms with Crippen LogP contribution in [0.1, 0.15) is 10.6 Å². The molecule has 0 aliphatic rings. The third-order valence-electron chi connectivity index (χ3n) is 2.92. The second-order valence-electron chi connectivity index (χ2n) is 4.05. The quantitative estimate of drug-likeness (QED) is 0.749. The van der Waals surface area contributed by atoms with Gasteiger partial charge in [-0.15, -0.1) is 0 Å². The van der Waals surface area contributed by atoms with Crippen LogP contribution < -0.4 is 0 Å². The Morgan fingerprint density at radius 2 is 2.22 bits per heavy atom. The minimum atomic E-state index is -1.12. The Morgan fingerprint density at radius 1 is 1.39 bits per heavy atom. The largest absolute Gasteiger partial charge is 0.475 e. The maximum atomic E-state index is 10.8. The van der Waals surface area contributed by atoms with Gasteiger partial charge in [-0.1, -0.05) is 17.3 Å². The van der Waals surface area contributed by atoms with Crippen LogP contribution in [-0.2, 0) is 7.05 Å². The molecule has 0 radical (unpaired) electrons. The molecule has 0 unspecified atom stereocenters. The number of aromatic nitrogens is 2. The highest BCUT2D eigenvalue weighted by atomic mass is 16.5. The summed E-state index contributed by atoms with van der Waals surface area (Å²) in [5.74, 6) is -1.27. The number of aromatic carboxylic acids is 1. The van der Waals surface area contributed by atoms with Crippen molar-refractivity contribution in [1.29, 1.82) is 0 Å². The van der Waals surface area contributed by atoms with Crippen LogP contribution in [0.15, 0.2) is 41.1 Å². The number of hydrogen-bond donors (Lipinski definition) is 1. The zero-order valence-electron chi connectivity index (χ0n) is 9.62. The van der Waals surface area contributed by atoms with E-state index in [2.05, 4.69) is 5.16 Å². The molecule has 0 aliphatic heterocycles. The molecule has 0 saturated heterocycles. The summed E-state index contributed by atoms with van der Waals surface area (Å²) in [4.78, 5) is 10.8. The minimum Gasteiger partial charge on any atom is -0.475 e. The lowest BCUT2D eigenvalue weighted by molar-refractivity contribution is 0.0652. The number of hydrogen-bond acceptors (Lipinski definition) is 3. The smallest absolute Gasteiger partial charge is 0.374 e. The Kier molecular flexibility index (Phi) is 2.19. The molecular weight excluding hydrogens is 232 g/mol. The molecule has 0 saturated carbocycles. The van der Waals surface area contributed by atoms with Gasteiger partial charge in [0, 0.05) is 35.8 Å². The summed E-state index contributed by atoms with van der Waals surface area (Å²) >= 11 is 0. The number of carbonyl (C=O) groups is 1. The number of nitrogens with zero attached hydrogens (tertiary/aromatic N) is 2. The van der Waals surface area contributed by atoms with Crippen LogP contribution in [0, 0.1) is 0 Å². The molecule has 3 aromatic rings. The van der Waals surface area contributed by atoms with E-state index in [4.69, 9.17) is 9.63 Å². The highest BCUT2D eigenvalue weighted by Gasteiger charge is 2.14. The second-order valence-corrected chi connectivity index (χ2v) is 4.05. The van der Waals surface area contributed by atoms with Gasteiger partial charge in [-0.05, 0) is 12.1 Å². The molecule has 1 aromatic carbocycles. The number of carboxylic acids is 1. The summed E-state index contributed by atoms with van der Waals surface area (Å²) in [5, 5.41) is 13.6. The Morgan fingerprint density at radius 3 is 2.94 bits per heavy atom. The van der Waals surface area contributed by atoms with Crippen LogP contribution in [0.3, 0.4) is 0 Å². The van der Waals surface area contributed by atoms with E-state index in [1.807, 2.05) is 42.1 Å². The third-order valence-corrected chi connectivity index (χ3v) is 2.92. The number of carboxylic acid groups (broad SMARTS) is 1. The van der Waals surface area contributed by atoms with Gasteiger partial charge in [0.1, 0.15) is 5.69 Å². The molecule has 5 nitrogen and oxygen atoms in total. The average molecular weight is 242 g/mol. The van der Waals surface area contributed by atoms with Crippen molar-refractivity contribution in [3.63, 3.8) is 0 Å². The van der Waals surface area contributed by atoms with Gasteiger partial charge in [-0.3, -0.25) is 0 Å². The fraction of sp³-hybridized carbons (Fsp3) is 0.0769. The van der Waals surface area contributed by atoms with Crippen molar-refractivity contribution in [3.8, 4) is 11.3 Å². The highest BCUT2D eigenvalue weighted by molar-refractivity contribution is 5.95. The van der Waals surface area contributed by atoms with E-state index in [-0.39, 0.29) is 5.76 Å². The molecule has 2 aromatic heterocycles. The van der Waals surface area contributed by atoms with E-state index in [0.29, 0.717) is 5.69 Å². The van der Waals surface area contributed by atoms with Crippen molar-refractivity contribution >= 4 is 16.9 Å². The van der Waals surface area contributed by atoms with Crippen molar-refractivity contribution < 1.29 is 14.4 Å². The van der Waals surface area contributed by atoms with E-state index in [1.54, 1.807) is 0 Å². The molecule has 2 heterocycles. The molecule has 90 valence electrons. The first kappa shape index (κ1) is 10.6. The highest BCUT2D eigenvalue weighted by Crippen LogP contribution is 2.28. The van der Waals surface area contributed by atoms with Gasteiger partial charge >= 0.3 is 5.97 Å². The van der Waals surface area contributed by atoms with E-state index < -0.39 is 5.97 Å². The Labute approximate surface area is 102 Å². The van der Waals surface area contributed by atoms with Gasteiger partial charge in [-0.2, -0.15) is 0 Å². The van der Waals surface area contributed by atoms with Crippen LogP contribution in [0.2, 0.25) is 0 Å². The van der Waals surface area contributed by atoms with Gasteiger partial charge in [0.05, 0.1) is 0 Å². The van der Waals surface area contributed by atoms with Crippen molar-refractivity contribution in [1.82, 2.24) is 9.72 Å². The van der Waals surface area contributed by atoms with Crippen LogP contribution >= 0.6 is 0 Å². The molecule has 3 rings (SSSR count). The number of benzene rings is 1. The van der Waals surface area contributed by atoms with Gasteiger partial charge < -0.3 is 14.2 Å². The number of fused-ring (bicyclic) bond motifs is 1. The molecule has 0 spiro atoms. The molecule has 0 atom stereocenters. The SMILES string of the molecule is Cn1ccc2c(-c3cc(C(=O)O)on3)cccc21. The molecule has 0 aliphatic carbocycles. The predicted molar refractivity (Wildman–Crippen MR) is 65.4 cm³/mol. The van der Waals surface area contributed by atoms with E-state index in [1.165, 1.54) is 6.07 Å². The van der Waals surface area contributed by atoms with E-state index >= 15 is 0 Å². The van der Waals surface area contributed by atoms with E-state index in [0.717, 1.165) is 16.5 Å². The predicted octanol–water partition coefficient (Wildman–Crippen LogP) is 2.53. The fourth-order valence-electron chi connectivity index (χ4n) is 2.03. The molecule has 1 N–H and O–H groups in total. The number of rotatable bonds is 2. The first-order chi connectivity index (χ1) is 8.66. The lowest BCUT2D eigenvalue weighted by Crippen LogP contribution is -1.91. The van der Waals surface area contributed by atoms with Crippen molar-refractivity contribution in [2.24, 2.45) is 7.05 Å². The topological polar surface area (TPSA) is 68.3 Å². The lowest BCUT2D eigenvalue weighted by atomic mass is 10.1. The Balaban J connectivity index is 2.21. The zero-order valence-corrected chi connectivity index (χ0v) is 9.62. The van der Waals surface area contributed by atoms with Crippen molar-refractivity contribution in [2.45, 2.75) is 0 Å². The van der Waals surface area contributed by atoms with Gasteiger partial charge in [0.25, 0.3) is 0 Å². The maximum Gasteiger partial charge on any atom is 0.374 e. The second kappa shape index (κ2) is 3.73. The third kappa shape index (κ3) is 1.48. The summed E-state index contributed by atoms with van der Waals surface area (Å²) in [6.07, 6.45) is 1.95. The minimum absolute atomic E-state index is 0.155. The summed E-state index contributed by atoms with van der Waals surface area (Å²) in [6, 6.07) is 9.21. The molecule has 5 heteroatoms. The molecule has 0 amide bonds. The molecule has 18 heavy (non-hydrogen) atoms. The average Bonchev–Trinajstić information content (AvgIpc) is 2.97. The zero-order chi connectivity index (χ0) is 12.7. The normalized spacial score (nSPS) is 10.9. The molecule has 0 bridgehead atoms. The first-order valence-electron chi connectivity index (χ1n) is 5.41. The molecular formula is C13H10N2O3.